The molecule has 11 N–H and O–H groups in total. The predicted molar refractivity (Wildman–Crippen MR) is 223 cm³/mol. The first-order valence-corrected chi connectivity index (χ1v) is 20.4. The summed E-state index contributed by atoms with van der Waals surface area (Å²) < 4.78 is 0. The highest BCUT2D eigenvalue weighted by Crippen LogP contribution is 2.22. The maximum Gasteiger partial charge on any atom is 0.475 e. The lowest BCUT2D eigenvalue weighted by atomic mass is 9.81. The van der Waals surface area contributed by atoms with Gasteiger partial charge >= 0.3 is 7.12 Å². The van der Waals surface area contributed by atoms with Crippen molar-refractivity contribution in [2.24, 2.45) is 11.5 Å². The van der Waals surface area contributed by atoms with E-state index in [1.807, 2.05) is 12.1 Å². The lowest BCUT2D eigenvalue weighted by Crippen LogP contribution is -2.60. The van der Waals surface area contributed by atoms with E-state index in [0.717, 1.165) is 37.3 Å². The molecule has 59 heavy (non-hydrogen) atoms. The molecule has 0 unspecified atom stereocenters. The Balaban J connectivity index is 1.57. The van der Waals surface area contributed by atoms with Gasteiger partial charge in [0, 0.05) is 31.1 Å². The first-order chi connectivity index (χ1) is 28.1. The predicted octanol–water partition coefficient (Wildman–Crippen LogP) is -0.157. The number of ketones is 1. The summed E-state index contributed by atoms with van der Waals surface area (Å²) in [5.74, 6) is -5.80. The number of nitrogens with two attached hydrogens (primary N) is 2. The molecule has 2 aromatic rings. The molecule has 322 valence electrons. The van der Waals surface area contributed by atoms with Crippen molar-refractivity contribution in [1.82, 2.24) is 31.5 Å². The fourth-order valence-corrected chi connectivity index (χ4v) is 6.61. The molecule has 0 aromatic heterocycles. The number of aryl methyl sites for hydroxylation is 1. The second-order valence-electron chi connectivity index (χ2n) is 15.0. The van der Waals surface area contributed by atoms with Crippen LogP contribution in [0.1, 0.15) is 95.0 Å². The van der Waals surface area contributed by atoms with Crippen LogP contribution in [0.4, 0.5) is 0 Å². The molecule has 1 fully saturated rings. The van der Waals surface area contributed by atoms with Crippen molar-refractivity contribution in [2.45, 2.75) is 122 Å². The summed E-state index contributed by atoms with van der Waals surface area (Å²) in [5, 5.41) is 31.4. The number of unbranched alkanes of at least 4 members (excludes halogenated alkanes) is 2. The van der Waals surface area contributed by atoms with Crippen LogP contribution in [0.2, 0.25) is 0 Å². The number of benzene rings is 2. The summed E-state index contributed by atoms with van der Waals surface area (Å²) >= 11 is 0. The Morgan fingerprint density at radius 3 is 2.02 bits per heavy atom. The fraction of sp³-hybridized carbons (Fsp3) is 0.537. The number of nitrogens with zero attached hydrogens (tertiary/aromatic N) is 1. The van der Waals surface area contributed by atoms with Crippen LogP contribution in [-0.2, 0) is 35.2 Å². The van der Waals surface area contributed by atoms with E-state index < -0.39 is 78.6 Å². The largest absolute Gasteiger partial charge is 0.475 e. The Hall–Kier alpha value is -5.17. The summed E-state index contributed by atoms with van der Waals surface area (Å²) in [6, 6.07) is 9.79. The lowest BCUT2D eigenvalue weighted by molar-refractivity contribution is -0.141. The molecule has 3 rings (SSSR count). The first-order valence-electron chi connectivity index (χ1n) is 20.4. The Bertz CT molecular complexity index is 1740. The molecule has 1 aliphatic heterocycles. The molecule has 0 saturated carbocycles. The Labute approximate surface area is 346 Å². The van der Waals surface area contributed by atoms with Gasteiger partial charge in [-0.25, -0.2) is 0 Å². The van der Waals surface area contributed by atoms with Crippen LogP contribution in [0, 0.1) is 0 Å². The number of hydrogen-bond acceptors (Lipinski definition) is 11. The van der Waals surface area contributed by atoms with Crippen molar-refractivity contribution >= 4 is 48.3 Å². The van der Waals surface area contributed by atoms with E-state index in [-0.39, 0.29) is 44.7 Å². The van der Waals surface area contributed by atoms with Gasteiger partial charge in [0.05, 0.1) is 5.94 Å². The standard InChI is InChI=1S/C41H61BN8O9/c1-5-7-10-27-12-14-28(15-13-27)29-16-18-30(19-17-29)37(53)45-22-20-35(52)50-24-31(44)23-34(50)40(56)49-36(25(3)51)41(57)47-32(6-2)38(54)48-33(11-8-9-21-43)39(55)46-26(4)42(58)59/h12-19,26,31-34,36,58-59H,5-11,20-24,43-44H2,1-4H3,(H,45,53)(H,46,55)(H,47,57)(H,48,54)(H,49,56)/t26-,31-,32-,33-,34-,36-/m0/s1. The van der Waals surface area contributed by atoms with Crippen LogP contribution in [0.3, 0.4) is 0 Å². The summed E-state index contributed by atoms with van der Waals surface area (Å²) in [7, 11) is -1.84. The first kappa shape index (κ1) is 48.2. The third kappa shape index (κ3) is 14.9. The van der Waals surface area contributed by atoms with E-state index in [9.17, 15) is 43.6 Å². The van der Waals surface area contributed by atoms with E-state index in [1.54, 1.807) is 19.1 Å². The topological polar surface area (TPSA) is 275 Å². The summed E-state index contributed by atoms with van der Waals surface area (Å²) in [5.41, 5.74) is 15.4. The quantitative estimate of drug-likeness (QED) is 0.0404. The average molecular weight is 821 g/mol. The van der Waals surface area contributed by atoms with Crippen LogP contribution in [0.25, 0.3) is 11.1 Å². The van der Waals surface area contributed by atoms with Crippen molar-refractivity contribution < 1.29 is 43.6 Å². The van der Waals surface area contributed by atoms with E-state index in [1.165, 1.54) is 17.4 Å². The molecule has 6 atom stereocenters. The Morgan fingerprint density at radius 1 is 0.831 bits per heavy atom. The third-order valence-corrected chi connectivity index (χ3v) is 10.2. The van der Waals surface area contributed by atoms with Gasteiger partial charge in [0.15, 0.2) is 11.8 Å². The van der Waals surface area contributed by atoms with Gasteiger partial charge in [0.2, 0.25) is 23.6 Å². The zero-order valence-corrected chi connectivity index (χ0v) is 34.5. The van der Waals surface area contributed by atoms with Gasteiger partial charge in [-0.05, 0) is 94.2 Å². The number of carbonyl (C=O) groups excluding carboxylic acids is 7. The molecular formula is C41H61BN8O9. The number of nitrogens with one attached hydrogen (secondary N) is 5. The van der Waals surface area contributed by atoms with Crippen molar-refractivity contribution in [3.05, 3.63) is 59.7 Å². The average Bonchev–Trinajstić information content (AvgIpc) is 3.62. The number of amides is 6. The zero-order chi connectivity index (χ0) is 43.6. The SMILES string of the molecule is CCCCc1ccc(-c2ccc(C(=O)NCCC(=O)N3C[C@@H](N)C[C@H]3C(=O)N[C@@H](C(C)=O)C(=O)N[C@@H](CC)C(=O)N[C@@H](CCCCN)C(=O)N[C@@H](C)B(O)O)cc2)cc1. The van der Waals surface area contributed by atoms with Crippen molar-refractivity contribution in [2.75, 3.05) is 19.6 Å². The zero-order valence-electron chi connectivity index (χ0n) is 34.5. The maximum absolute atomic E-state index is 13.5. The highest BCUT2D eigenvalue weighted by atomic mass is 16.4. The Morgan fingerprint density at radius 2 is 1.44 bits per heavy atom. The Kier molecular flexibility index (Phi) is 19.6. The number of Topliss-reactive ketones (excluding diaryl/α,β-unsaturated/α-hetero) is 1. The van der Waals surface area contributed by atoms with Gasteiger partial charge in [0.25, 0.3) is 11.8 Å². The lowest BCUT2D eigenvalue weighted by Gasteiger charge is -2.27. The van der Waals surface area contributed by atoms with Gasteiger partial charge < -0.3 is 53.0 Å². The summed E-state index contributed by atoms with van der Waals surface area (Å²) in [4.78, 5) is 93.2. The molecule has 2 aromatic carbocycles. The fourth-order valence-electron chi connectivity index (χ4n) is 6.61. The molecule has 1 saturated heterocycles. The highest BCUT2D eigenvalue weighted by Gasteiger charge is 2.40. The molecular weight excluding hydrogens is 759 g/mol. The smallest absolute Gasteiger partial charge is 0.426 e. The van der Waals surface area contributed by atoms with Crippen LogP contribution in [0.5, 0.6) is 0 Å². The van der Waals surface area contributed by atoms with Crippen molar-refractivity contribution in [3.63, 3.8) is 0 Å². The molecule has 1 heterocycles. The van der Waals surface area contributed by atoms with Gasteiger partial charge in [0.1, 0.15) is 18.1 Å². The van der Waals surface area contributed by atoms with Gasteiger partial charge in [-0.2, -0.15) is 0 Å². The minimum absolute atomic E-state index is 0.0182. The second-order valence-corrected chi connectivity index (χ2v) is 15.0. The normalized spacial score (nSPS) is 16.8. The molecule has 0 bridgehead atoms. The molecule has 17 nitrogen and oxygen atoms in total. The van der Waals surface area contributed by atoms with Gasteiger partial charge in [-0.15, -0.1) is 0 Å². The molecule has 1 aliphatic rings. The van der Waals surface area contributed by atoms with Gasteiger partial charge in [-0.3, -0.25) is 33.6 Å². The van der Waals surface area contributed by atoms with Crippen LogP contribution in [0.15, 0.2) is 48.5 Å². The van der Waals surface area contributed by atoms with E-state index in [2.05, 4.69) is 57.8 Å². The van der Waals surface area contributed by atoms with Gasteiger partial charge in [-0.1, -0.05) is 56.7 Å². The minimum atomic E-state index is -1.84. The number of carbonyl (C=O) groups is 7. The van der Waals surface area contributed by atoms with Crippen molar-refractivity contribution in [1.29, 1.82) is 0 Å². The summed E-state index contributed by atoms with van der Waals surface area (Å²) in [6.07, 6.45) is 4.46. The number of hydrogen-bond donors (Lipinski definition) is 9. The van der Waals surface area contributed by atoms with Crippen LogP contribution in [-0.4, -0.2) is 119 Å². The monoisotopic (exact) mass is 820 g/mol. The minimum Gasteiger partial charge on any atom is -0.426 e. The maximum atomic E-state index is 13.5. The van der Waals surface area contributed by atoms with E-state index in [0.29, 0.717) is 24.9 Å². The molecule has 0 aliphatic carbocycles. The van der Waals surface area contributed by atoms with Crippen LogP contribution >= 0.6 is 0 Å². The van der Waals surface area contributed by atoms with E-state index >= 15 is 0 Å². The number of rotatable bonds is 23. The van der Waals surface area contributed by atoms with E-state index in [4.69, 9.17) is 11.5 Å². The second kappa shape index (κ2) is 24.0. The number of likely N-dealkylation sites (tertiary alicyclic amines) is 1. The molecule has 6 amide bonds. The molecule has 0 radical (unpaired) electrons. The summed E-state index contributed by atoms with van der Waals surface area (Å²) in [6.45, 7) is 6.58. The van der Waals surface area contributed by atoms with Crippen LogP contribution < -0.4 is 38.1 Å². The molecule has 18 heteroatoms. The molecule has 0 spiro atoms. The van der Waals surface area contributed by atoms with Crippen molar-refractivity contribution in [3.8, 4) is 11.1 Å². The highest BCUT2D eigenvalue weighted by molar-refractivity contribution is 6.43. The third-order valence-electron chi connectivity index (χ3n) is 10.2.